The number of hydrogen-bond donors (Lipinski definition) is 1. The molecule has 0 atom stereocenters. The summed E-state index contributed by atoms with van der Waals surface area (Å²) in [4.78, 5) is 18.0. The first-order chi connectivity index (χ1) is 14.4. The molecule has 0 aliphatic carbocycles. The maximum atomic E-state index is 12.4. The van der Waals surface area contributed by atoms with Gasteiger partial charge in [-0.15, -0.1) is 11.3 Å². The van der Waals surface area contributed by atoms with Crippen LogP contribution in [0.25, 0.3) is 17.3 Å². The van der Waals surface area contributed by atoms with Gasteiger partial charge in [0.05, 0.1) is 18.9 Å². The van der Waals surface area contributed by atoms with Crippen LogP contribution in [0.15, 0.2) is 53.0 Å². The highest BCUT2D eigenvalue weighted by Crippen LogP contribution is 2.31. The number of benzene rings is 2. The Hall–Kier alpha value is -2.64. The number of aromatic nitrogens is 1. The van der Waals surface area contributed by atoms with Crippen molar-refractivity contribution in [2.75, 3.05) is 12.4 Å². The molecule has 0 aliphatic heterocycles. The van der Waals surface area contributed by atoms with E-state index in [0.29, 0.717) is 16.6 Å². The average Bonchev–Trinajstić information content (AvgIpc) is 3.07. The number of rotatable bonds is 7. The molecule has 30 heavy (non-hydrogen) atoms. The van der Waals surface area contributed by atoms with E-state index in [1.165, 1.54) is 17.4 Å². The lowest BCUT2D eigenvalue weighted by Crippen LogP contribution is -2.07. The normalized spacial score (nSPS) is 11.1. The fraction of sp³-hybridized carbons (Fsp3) is 0.217. The Kier molecular flexibility index (Phi) is 7.29. The van der Waals surface area contributed by atoms with E-state index in [0.717, 1.165) is 26.2 Å². The number of thiazole rings is 1. The second-order valence-corrected chi connectivity index (χ2v) is 8.95. The highest BCUT2D eigenvalue weighted by atomic mass is 79.9. The molecule has 1 N–H and O–H groups in total. The minimum atomic E-state index is -0.243. The molecule has 0 saturated heterocycles. The fourth-order valence-corrected chi connectivity index (χ4v) is 3.89. The summed E-state index contributed by atoms with van der Waals surface area (Å²) in [6.07, 6.45) is 3.26. The number of hydrogen-bond acceptors (Lipinski definition) is 5. The second kappa shape index (κ2) is 9.91. The lowest BCUT2D eigenvalue weighted by Gasteiger charge is -2.13. The molecule has 2 aromatic carbocycles. The molecule has 0 aliphatic rings. The number of carbonyl (C=O) groups is 1. The minimum Gasteiger partial charge on any atom is -0.493 e. The maximum absolute atomic E-state index is 12.4. The molecule has 156 valence electrons. The summed E-state index contributed by atoms with van der Waals surface area (Å²) in [6, 6.07) is 13.5. The molecule has 0 saturated carbocycles. The van der Waals surface area contributed by atoms with Crippen molar-refractivity contribution < 1.29 is 14.3 Å². The van der Waals surface area contributed by atoms with Crippen molar-refractivity contribution in [3.05, 3.63) is 63.5 Å². The SMILES string of the molecule is COc1cc(/C=C/C(=O)Nc2nc(-c3ccc(Br)cc3)c(C)s2)ccc1OC(C)C. The summed E-state index contributed by atoms with van der Waals surface area (Å²) in [6.45, 7) is 5.91. The van der Waals surface area contributed by atoms with Crippen molar-refractivity contribution in [3.63, 3.8) is 0 Å². The Labute approximate surface area is 188 Å². The van der Waals surface area contributed by atoms with E-state index < -0.39 is 0 Å². The Morgan fingerprint density at radius 3 is 2.57 bits per heavy atom. The molecule has 1 aromatic heterocycles. The molecular formula is C23H23BrN2O3S. The number of carbonyl (C=O) groups excluding carboxylic acids is 1. The molecule has 5 nitrogen and oxygen atoms in total. The average molecular weight is 487 g/mol. The summed E-state index contributed by atoms with van der Waals surface area (Å²) >= 11 is 4.89. The van der Waals surface area contributed by atoms with Gasteiger partial charge in [-0.05, 0) is 56.7 Å². The smallest absolute Gasteiger partial charge is 0.250 e. The lowest BCUT2D eigenvalue weighted by molar-refractivity contribution is -0.111. The number of nitrogens with one attached hydrogen (secondary N) is 1. The Balaban J connectivity index is 1.69. The third kappa shape index (κ3) is 5.70. The van der Waals surface area contributed by atoms with Crippen LogP contribution >= 0.6 is 27.3 Å². The fourth-order valence-electron chi connectivity index (χ4n) is 2.78. The standard InChI is InChI=1S/C23H23BrN2O3S/c1-14(2)29-19-11-5-16(13-20(19)28-4)6-12-21(27)25-23-26-22(15(3)30-23)17-7-9-18(24)10-8-17/h5-14H,1-4H3,(H,25,26,27)/b12-6+. The van der Waals surface area contributed by atoms with E-state index in [9.17, 15) is 4.79 Å². The van der Waals surface area contributed by atoms with Crippen molar-refractivity contribution in [1.82, 2.24) is 4.98 Å². The summed E-state index contributed by atoms with van der Waals surface area (Å²) < 4.78 is 12.1. The Morgan fingerprint density at radius 1 is 1.17 bits per heavy atom. The van der Waals surface area contributed by atoms with Gasteiger partial charge >= 0.3 is 0 Å². The van der Waals surface area contributed by atoms with Crippen LogP contribution in [-0.4, -0.2) is 24.1 Å². The van der Waals surface area contributed by atoms with Crippen LogP contribution in [0.1, 0.15) is 24.3 Å². The molecule has 7 heteroatoms. The van der Waals surface area contributed by atoms with Gasteiger partial charge in [-0.1, -0.05) is 34.1 Å². The molecule has 3 rings (SSSR count). The number of halogens is 1. The van der Waals surface area contributed by atoms with Gasteiger partial charge in [-0.2, -0.15) is 0 Å². The van der Waals surface area contributed by atoms with Crippen LogP contribution in [0.5, 0.6) is 11.5 Å². The van der Waals surface area contributed by atoms with Crippen molar-refractivity contribution in [1.29, 1.82) is 0 Å². The van der Waals surface area contributed by atoms with Crippen LogP contribution in [-0.2, 0) is 4.79 Å². The zero-order valence-electron chi connectivity index (χ0n) is 17.2. The van der Waals surface area contributed by atoms with E-state index in [4.69, 9.17) is 9.47 Å². The van der Waals surface area contributed by atoms with Gasteiger partial charge in [0, 0.05) is 21.0 Å². The number of anilines is 1. The van der Waals surface area contributed by atoms with Crippen LogP contribution in [0, 0.1) is 6.92 Å². The molecule has 0 radical (unpaired) electrons. The van der Waals surface area contributed by atoms with Gasteiger partial charge in [0.1, 0.15) is 0 Å². The van der Waals surface area contributed by atoms with E-state index >= 15 is 0 Å². The molecule has 0 bridgehead atoms. The molecule has 1 amide bonds. The number of methoxy groups -OCH3 is 1. The molecule has 0 fully saturated rings. The first kappa shape index (κ1) is 22.1. The number of amides is 1. The zero-order valence-corrected chi connectivity index (χ0v) is 19.6. The van der Waals surface area contributed by atoms with Crippen molar-refractivity contribution >= 4 is 44.4 Å². The summed E-state index contributed by atoms with van der Waals surface area (Å²) in [7, 11) is 1.59. The molecule has 0 unspecified atom stereocenters. The zero-order chi connectivity index (χ0) is 21.7. The predicted octanol–water partition coefficient (Wildman–Crippen LogP) is 6.33. The first-order valence-corrected chi connectivity index (χ1v) is 11.0. The van der Waals surface area contributed by atoms with E-state index in [1.807, 2.05) is 63.2 Å². The van der Waals surface area contributed by atoms with Crippen molar-refractivity contribution in [3.8, 4) is 22.8 Å². The monoisotopic (exact) mass is 486 g/mol. The summed E-state index contributed by atoms with van der Waals surface area (Å²) in [5.41, 5.74) is 2.72. The molecule has 0 spiro atoms. The first-order valence-electron chi connectivity index (χ1n) is 9.43. The van der Waals surface area contributed by atoms with Gasteiger partial charge in [0.25, 0.3) is 0 Å². The summed E-state index contributed by atoms with van der Waals surface area (Å²) in [5.74, 6) is 1.06. The second-order valence-electron chi connectivity index (χ2n) is 6.83. The molecular weight excluding hydrogens is 464 g/mol. The van der Waals surface area contributed by atoms with E-state index in [2.05, 4.69) is 26.2 Å². The maximum Gasteiger partial charge on any atom is 0.250 e. The minimum absolute atomic E-state index is 0.0510. The number of aryl methyl sites for hydroxylation is 1. The van der Waals surface area contributed by atoms with Crippen LogP contribution in [0.4, 0.5) is 5.13 Å². The number of nitrogens with zero attached hydrogens (tertiary/aromatic N) is 1. The molecule has 1 heterocycles. The molecule has 3 aromatic rings. The van der Waals surface area contributed by atoms with E-state index in [1.54, 1.807) is 13.2 Å². The van der Waals surface area contributed by atoms with Gasteiger partial charge in [0.2, 0.25) is 5.91 Å². The van der Waals surface area contributed by atoms with Crippen molar-refractivity contribution in [2.24, 2.45) is 0 Å². The Bertz CT molecular complexity index is 1060. The topological polar surface area (TPSA) is 60.5 Å². The quantitative estimate of drug-likeness (QED) is 0.396. The number of ether oxygens (including phenoxy) is 2. The third-order valence-corrected chi connectivity index (χ3v) is 5.54. The highest BCUT2D eigenvalue weighted by Gasteiger charge is 2.11. The van der Waals surface area contributed by atoms with E-state index in [-0.39, 0.29) is 12.0 Å². The lowest BCUT2D eigenvalue weighted by atomic mass is 10.1. The highest BCUT2D eigenvalue weighted by molar-refractivity contribution is 9.10. The van der Waals surface area contributed by atoms with Crippen LogP contribution in [0.3, 0.4) is 0 Å². The van der Waals surface area contributed by atoms with Gasteiger partial charge in [-0.25, -0.2) is 4.98 Å². The van der Waals surface area contributed by atoms with Gasteiger partial charge < -0.3 is 9.47 Å². The van der Waals surface area contributed by atoms with Crippen LogP contribution in [0.2, 0.25) is 0 Å². The van der Waals surface area contributed by atoms with Crippen LogP contribution < -0.4 is 14.8 Å². The van der Waals surface area contributed by atoms with Gasteiger partial charge in [-0.3, -0.25) is 10.1 Å². The van der Waals surface area contributed by atoms with Crippen molar-refractivity contribution in [2.45, 2.75) is 26.9 Å². The van der Waals surface area contributed by atoms with Gasteiger partial charge in [0.15, 0.2) is 16.6 Å². The summed E-state index contributed by atoms with van der Waals surface area (Å²) in [5, 5.41) is 3.40. The predicted molar refractivity (Wildman–Crippen MR) is 126 cm³/mol. The Morgan fingerprint density at radius 2 is 1.90 bits per heavy atom. The third-order valence-electron chi connectivity index (χ3n) is 4.12. The largest absolute Gasteiger partial charge is 0.493 e.